The van der Waals surface area contributed by atoms with Gasteiger partial charge in [-0.3, -0.25) is 9.48 Å². The number of hydrogen-bond acceptors (Lipinski definition) is 5. The number of carbonyl (C=O) groups excluding carboxylic acids is 1. The van der Waals surface area contributed by atoms with E-state index in [2.05, 4.69) is 15.1 Å². The SMILES string of the molecule is Cc1cc(N2CCN(C(=O)c3cn(C)nc3C(F)(F)F)CC2)nc(C)n1. The van der Waals surface area contributed by atoms with Crippen LogP contribution in [0.4, 0.5) is 19.0 Å². The molecule has 2 aromatic rings. The lowest BCUT2D eigenvalue weighted by Crippen LogP contribution is -2.49. The van der Waals surface area contributed by atoms with Crippen LogP contribution < -0.4 is 4.90 Å². The molecule has 26 heavy (non-hydrogen) atoms. The number of carbonyl (C=O) groups is 1. The Morgan fingerprint density at radius 1 is 1.12 bits per heavy atom. The highest BCUT2D eigenvalue weighted by atomic mass is 19.4. The number of halogens is 3. The molecular formula is C16H19F3N6O. The first kappa shape index (κ1) is 18.2. The Labute approximate surface area is 148 Å². The Hall–Kier alpha value is -2.65. The van der Waals surface area contributed by atoms with E-state index in [1.54, 1.807) is 6.92 Å². The molecule has 10 heteroatoms. The molecule has 0 aliphatic carbocycles. The molecule has 0 spiro atoms. The molecule has 0 saturated carbocycles. The summed E-state index contributed by atoms with van der Waals surface area (Å²) in [5.74, 6) is 0.767. The van der Waals surface area contributed by atoms with Crippen LogP contribution in [-0.2, 0) is 13.2 Å². The lowest BCUT2D eigenvalue weighted by atomic mass is 10.2. The van der Waals surface area contributed by atoms with Crippen molar-refractivity contribution < 1.29 is 18.0 Å². The van der Waals surface area contributed by atoms with Gasteiger partial charge in [-0.15, -0.1) is 0 Å². The van der Waals surface area contributed by atoms with Crippen molar-refractivity contribution in [1.29, 1.82) is 0 Å². The van der Waals surface area contributed by atoms with Gasteiger partial charge in [0.1, 0.15) is 11.6 Å². The summed E-state index contributed by atoms with van der Waals surface area (Å²) in [4.78, 5) is 24.6. The Morgan fingerprint density at radius 2 is 1.77 bits per heavy atom. The molecule has 0 atom stereocenters. The fourth-order valence-electron chi connectivity index (χ4n) is 3.02. The van der Waals surface area contributed by atoms with Crippen LogP contribution >= 0.6 is 0 Å². The zero-order valence-electron chi connectivity index (χ0n) is 14.7. The summed E-state index contributed by atoms with van der Waals surface area (Å²) >= 11 is 0. The molecule has 3 rings (SSSR count). The standard InChI is InChI=1S/C16H19F3N6O/c1-10-8-13(21-11(2)20-10)24-4-6-25(7-5-24)15(26)12-9-23(3)22-14(12)16(17,18)19/h8-9H,4-7H2,1-3H3. The lowest BCUT2D eigenvalue weighted by Gasteiger charge is -2.35. The molecule has 0 bridgehead atoms. The average molecular weight is 368 g/mol. The second-order valence-electron chi connectivity index (χ2n) is 6.26. The quantitative estimate of drug-likeness (QED) is 0.809. The van der Waals surface area contributed by atoms with Crippen molar-refractivity contribution in [2.45, 2.75) is 20.0 Å². The van der Waals surface area contributed by atoms with Crippen LogP contribution in [0.3, 0.4) is 0 Å². The average Bonchev–Trinajstić information content (AvgIpc) is 2.96. The molecule has 0 aromatic carbocycles. The van der Waals surface area contributed by atoms with Crippen molar-refractivity contribution in [3.8, 4) is 0 Å². The van der Waals surface area contributed by atoms with Crippen molar-refractivity contribution in [3.63, 3.8) is 0 Å². The van der Waals surface area contributed by atoms with E-state index in [-0.39, 0.29) is 0 Å². The van der Waals surface area contributed by atoms with Crippen molar-refractivity contribution in [2.75, 3.05) is 31.1 Å². The highest BCUT2D eigenvalue weighted by Crippen LogP contribution is 2.31. The van der Waals surface area contributed by atoms with Crippen molar-refractivity contribution in [3.05, 3.63) is 35.0 Å². The molecular weight excluding hydrogens is 349 g/mol. The predicted octanol–water partition coefficient (Wildman–Crippen LogP) is 1.81. The molecule has 3 heterocycles. The summed E-state index contributed by atoms with van der Waals surface area (Å²) < 4.78 is 40.3. The van der Waals surface area contributed by atoms with Crippen molar-refractivity contribution >= 4 is 11.7 Å². The van der Waals surface area contributed by atoms with Gasteiger partial charge in [-0.1, -0.05) is 0 Å². The summed E-state index contributed by atoms with van der Waals surface area (Å²) in [6, 6.07) is 1.85. The van der Waals surface area contributed by atoms with Crippen LogP contribution in [0.25, 0.3) is 0 Å². The van der Waals surface area contributed by atoms with E-state index in [1.807, 2.05) is 17.9 Å². The van der Waals surface area contributed by atoms with Gasteiger partial charge in [-0.05, 0) is 13.8 Å². The van der Waals surface area contributed by atoms with E-state index in [1.165, 1.54) is 11.9 Å². The Morgan fingerprint density at radius 3 is 2.35 bits per heavy atom. The van der Waals surface area contributed by atoms with E-state index in [0.29, 0.717) is 32.0 Å². The minimum absolute atomic E-state index is 0.313. The highest BCUT2D eigenvalue weighted by Gasteiger charge is 2.40. The van der Waals surface area contributed by atoms with Gasteiger partial charge >= 0.3 is 6.18 Å². The molecule has 1 aliphatic rings. The Balaban J connectivity index is 1.73. The number of alkyl halides is 3. The fourth-order valence-corrected chi connectivity index (χ4v) is 3.02. The molecule has 1 amide bonds. The third-order valence-corrected chi connectivity index (χ3v) is 4.17. The number of aromatic nitrogens is 4. The maximum absolute atomic E-state index is 13.1. The van der Waals surface area contributed by atoms with Crippen LogP contribution in [0, 0.1) is 13.8 Å². The van der Waals surface area contributed by atoms with Gasteiger partial charge in [-0.2, -0.15) is 18.3 Å². The van der Waals surface area contributed by atoms with Crippen LogP contribution in [-0.4, -0.2) is 56.7 Å². The van der Waals surface area contributed by atoms with Gasteiger partial charge in [0.15, 0.2) is 5.69 Å². The van der Waals surface area contributed by atoms with Gasteiger partial charge < -0.3 is 9.80 Å². The number of anilines is 1. The number of hydrogen-bond donors (Lipinski definition) is 0. The summed E-state index contributed by atoms with van der Waals surface area (Å²) in [6.07, 6.45) is -3.54. The summed E-state index contributed by atoms with van der Waals surface area (Å²) in [6.45, 7) is 5.28. The van der Waals surface area contributed by atoms with Gasteiger partial charge in [-0.25, -0.2) is 9.97 Å². The number of rotatable bonds is 2. The molecule has 1 aliphatic heterocycles. The first-order chi connectivity index (χ1) is 12.1. The molecule has 0 N–H and O–H groups in total. The number of nitrogens with zero attached hydrogens (tertiary/aromatic N) is 6. The summed E-state index contributed by atoms with van der Waals surface area (Å²) in [5.41, 5.74) is -0.715. The molecule has 1 saturated heterocycles. The normalized spacial score (nSPS) is 15.5. The monoisotopic (exact) mass is 368 g/mol. The zero-order valence-corrected chi connectivity index (χ0v) is 14.7. The second kappa shape index (κ2) is 6.58. The molecule has 2 aromatic heterocycles. The number of aryl methyl sites for hydroxylation is 3. The van der Waals surface area contributed by atoms with Gasteiger partial charge in [0.25, 0.3) is 5.91 Å². The summed E-state index contributed by atoms with van der Waals surface area (Å²) in [7, 11) is 1.36. The van der Waals surface area contributed by atoms with Crippen LogP contribution in [0.2, 0.25) is 0 Å². The minimum Gasteiger partial charge on any atom is -0.353 e. The molecule has 1 fully saturated rings. The largest absolute Gasteiger partial charge is 0.435 e. The molecule has 7 nitrogen and oxygen atoms in total. The third-order valence-electron chi connectivity index (χ3n) is 4.17. The Bertz CT molecular complexity index is 804. The van der Waals surface area contributed by atoms with Crippen LogP contribution in [0.1, 0.15) is 27.6 Å². The van der Waals surface area contributed by atoms with E-state index in [0.717, 1.165) is 22.4 Å². The number of piperazine rings is 1. The first-order valence-corrected chi connectivity index (χ1v) is 8.12. The third kappa shape index (κ3) is 3.63. The highest BCUT2D eigenvalue weighted by molar-refractivity contribution is 5.95. The van der Waals surface area contributed by atoms with E-state index in [9.17, 15) is 18.0 Å². The lowest BCUT2D eigenvalue weighted by molar-refractivity contribution is -0.141. The smallest absolute Gasteiger partial charge is 0.353 e. The summed E-state index contributed by atoms with van der Waals surface area (Å²) in [5, 5.41) is 3.40. The topological polar surface area (TPSA) is 67.2 Å². The van der Waals surface area contributed by atoms with Gasteiger partial charge in [0.2, 0.25) is 0 Å². The second-order valence-corrected chi connectivity index (χ2v) is 6.26. The van der Waals surface area contributed by atoms with Gasteiger partial charge in [0.05, 0.1) is 5.56 Å². The Kier molecular flexibility index (Phi) is 4.59. The fraction of sp³-hybridized carbons (Fsp3) is 0.500. The molecule has 0 unspecified atom stereocenters. The van der Waals surface area contributed by atoms with Crippen molar-refractivity contribution in [2.24, 2.45) is 7.05 Å². The first-order valence-electron chi connectivity index (χ1n) is 8.12. The van der Waals surface area contributed by atoms with E-state index in [4.69, 9.17) is 0 Å². The van der Waals surface area contributed by atoms with Crippen LogP contribution in [0.5, 0.6) is 0 Å². The van der Waals surface area contributed by atoms with E-state index >= 15 is 0 Å². The van der Waals surface area contributed by atoms with Crippen LogP contribution in [0.15, 0.2) is 12.3 Å². The van der Waals surface area contributed by atoms with Gasteiger partial charge in [0, 0.05) is 51.2 Å². The maximum Gasteiger partial charge on any atom is 0.435 e. The minimum atomic E-state index is -4.66. The number of amides is 1. The molecule has 140 valence electrons. The molecule has 0 radical (unpaired) electrons. The van der Waals surface area contributed by atoms with E-state index < -0.39 is 23.3 Å². The zero-order chi connectivity index (χ0) is 19.1. The predicted molar refractivity (Wildman–Crippen MR) is 87.8 cm³/mol. The maximum atomic E-state index is 13.1. The van der Waals surface area contributed by atoms with Crippen molar-refractivity contribution in [1.82, 2.24) is 24.6 Å².